The zero-order valence-corrected chi connectivity index (χ0v) is 21.0. The Bertz CT molecular complexity index is 1160. The van der Waals surface area contributed by atoms with Crippen LogP contribution in [0.4, 0.5) is 4.39 Å². The van der Waals surface area contributed by atoms with E-state index in [9.17, 15) is 14.0 Å². The molecule has 0 radical (unpaired) electrons. The van der Waals surface area contributed by atoms with Gasteiger partial charge in [0.05, 0.1) is 6.42 Å². The van der Waals surface area contributed by atoms with Crippen LogP contribution in [-0.4, -0.2) is 28.8 Å². The van der Waals surface area contributed by atoms with Gasteiger partial charge in [0.15, 0.2) is 0 Å². The number of carbonyl (C=O) groups excluding carboxylic acids is 2. The summed E-state index contributed by atoms with van der Waals surface area (Å²) in [6.07, 6.45) is 5.81. The third kappa shape index (κ3) is 6.81. The van der Waals surface area contributed by atoms with E-state index in [0.717, 1.165) is 42.4 Å². The lowest BCUT2D eigenvalue weighted by Gasteiger charge is -2.33. The molecule has 1 saturated carbocycles. The first kappa shape index (κ1) is 25.6. The number of rotatable bonds is 9. The lowest BCUT2D eigenvalue weighted by molar-refractivity contribution is -0.141. The first-order valence-electron chi connectivity index (χ1n) is 12.9. The third-order valence-corrected chi connectivity index (χ3v) is 7.12. The molecule has 36 heavy (non-hydrogen) atoms. The predicted molar refractivity (Wildman–Crippen MR) is 141 cm³/mol. The number of aryl methyl sites for hydroxylation is 1. The van der Waals surface area contributed by atoms with Gasteiger partial charge in [-0.1, -0.05) is 92.1 Å². The van der Waals surface area contributed by atoms with Gasteiger partial charge in [-0.3, -0.25) is 9.59 Å². The number of amides is 2. The van der Waals surface area contributed by atoms with Gasteiger partial charge in [-0.05, 0) is 42.5 Å². The first-order valence-corrected chi connectivity index (χ1v) is 12.9. The van der Waals surface area contributed by atoms with Gasteiger partial charge in [0, 0.05) is 24.6 Å². The number of benzene rings is 3. The molecule has 1 aliphatic rings. The van der Waals surface area contributed by atoms with E-state index < -0.39 is 6.04 Å². The maximum absolute atomic E-state index is 14.7. The highest BCUT2D eigenvalue weighted by Gasteiger charge is 2.32. The van der Waals surface area contributed by atoms with Crippen LogP contribution in [0.2, 0.25) is 0 Å². The molecule has 1 fully saturated rings. The summed E-state index contributed by atoms with van der Waals surface area (Å²) in [5.74, 6) is -0.732. The summed E-state index contributed by atoms with van der Waals surface area (Å²) in [5, 5.41) is 3.22. The van der Waals surface area contributed by atoms with Crippen molar-refractivity contribution in [2.24, 2.45) is 0 Å². The molecule has 0 aliphatic heterocycles. The Kier molecular flexibility index (Phi) is 8.88. The fourth-order valence-electron chi connectivity index (χ4n) is 4.98. The number of carbonyl (C=O) groups is 2. The van der Waals surface area contributed by atoms with Crippen LogP contribution in [0.1, 0.15) is 54.4 Å². The van der Waals surface area contributed by atoms with Crippen LogP contribution in [0, 0.1) is 12.7 Å². The minimum Gasteiger partial charge on any atom is -0.352 e. The molecule has 1 atom stereocenters. The summed E-state index contributed by atoms with van der Waals surface area (Å²) in [7, 11) is 0. The second-order valence-corrected chi connectivity index (χ2v) is 9.77. The SMILES string of the molecule is Cc1ccccc1CC(=O)N(Cc1ccccc1F)[C@@H](Cc1ccccc1)C(=O)NC1CCCCC1. The number of halogens is 1. The van der Waals surface area contributed by atoms with Gasteiger partial charge in [0.2, 0.25) is 11.8 Å². The van der Waals surface area contributed by atoms with Gasteiger partial charge in [0.1, 0.15) is 11.9 Å². The van der Waals surface area contributed by atoms with Crippen LogP contribution in [0.25, 0.3) is 0 Å². The maximum atomic E-state index is 14.7. The van der Waals surface area contributed by atoms with Crippen LogP contribution in [0.3, 0.4) is 0 Å². The van der Waals surface area contributed by atoms with Crippen LogP contribution in [-0.2, 0) is 29.0 Å². The van der Waals surface area contributed by atoms with Gasteiger partial charge < -0.3 is 10.2 Å². The number of hydrogen-bond acceptors (Lipinski definition) is 2. The second kappa shape index (κ2) is 12.5. The zero-order valence-electron chi connectivity index (χ0n) is 21.0. The summed E-state index contributed by atoms with van der Waals surface area (Å²) in [6, 6.07) is 23.3. The molecule has 0 heterocycles. The average Bonchev–Trinajstić information content (AvgIpc) is 2.89. The number of nitrogens with zero attached hydrogens (tertiary/aromatic N) is 1. The molecule has 1 aliphatic carbocycles. The van der Waals surface area contributed by atoms with Gasteiger partial charge in [-0.25, -0.2) is 4.39 Å². The van der Waals surface area contributed by atoms with Gasteiger partial charge in [-0.15, -0.1) is 0 Å². The molecule has 4 rings (SSSR count). The van der Waals surface area contributed by atoms with E-state index in [4.69, 9.17) is 0 Å². The lowest BCUT2D eigenvalue weighted by atomic mass is 9.94. The summed E-state index contributed by atoms with van der Waals surface area (Å²) in [6.45, 7) is 2.01. The molecule has 5 heteroatoms. The predicted octanol–water partition coefficient (Wildman–Crippen LogP) is 5.77. The summed E-state index contributed by atoms with van der Waals surface area (Å²) >= 11 is 0. The maximum Gasteiger partial charge on any atom is 0.243 e. The minimum absolute atomic E-state index is 0.0347. The van der Waals surface area contributed by atoms with E-state index in [-0.39, 0.29) is 36.6 Å². The van der Waals surface area contributed by atoms with Gasteiger partial charge in [0.25, 0.3) is 0 Å². The van der Waals surface area contributed by atoms with E-state index in [1.165, 1.54) is 12.5 Å². The van der Waals surface area contributed by atoms with Crippen molar-refractivity contribution in [1.82, 2.24) is 10.2 Å². The molecule has 0 bridgehead atoms. The molecule has 3 aromatic carbocycles. The molecule has 4 nitrogen and oxygen atoms in total. The third-order valence-electron chi connectivity index (χ3n) is 7.12. The van der Waals surface area contributed by atoms with Crippen molar-refractivity contribution in [3.05, 3.63) is 107 Å². The van der Waals surface area contributed by atoms with E-state index >= 15 is 0 Å². The summed E-state index contributed by atoms with van der Waals surface area (Å²) in [5.41, 5.74) is 3.29. The van der Waals surface area contributed by atoms with E-state index in [1.807, 2.05) is 61.5 Å². The fourth-order valence-corrected chi connectivity index (χ4v) is 4.98. The number of nitrogens with one attached hydrogen (secondary N) is 1. The minimum atomic E-state index is -0.745. The van der Waals surface area contributed by atoms with Crippen LogP contribution >= 0.6 is 0 Å². The zero-order chi connectivity index (χ0) is 25.3. The van der Waals surface area contributed by atoms with Crippen molar-refractivity contribution in [1.29, 1.82) is 0 Å². The largest absolute Gasteiger partial charge is 0.352 e. The Morgan fingerprint density at radius 3 is 2.22 bits per heavy atom. The second-order valence-electron chi connectivity index (χ2n) is 9.77. The standard InChI is InChI=1S/C31H35FN2O2/c1-23-12-8-9-15-25(23)21-30(35)34(22-26-16-10-11-19-28(26)32)29(20-24-13-4-2-5-14-24)31(36)33-27-17-6-3-7-18-27/h2,4-5,8-16,19,27,29H,3,6-7,17-18,20-22H2,1H3,(H,33,36)/t29-/m0/s1. The number of hydrogen-bond donors (Lipinski definition) is 1. The summed E-state index contributed by atoms with van der Waals surface area (Å²) < 4.78 is 14.7. The first-order chi connectivity index (χ1) is 17.5. The molecular formula is C31H35FN2O2. The van der Waals surface area contributed by atoms with Crippen molar-refractivity contribution >= 4 is 11.8 Å². The smallest absolute Gasteiger partial charge is 0.243 e. The topological polar surface area (TPSA) is 49.4 Å². The molecule has 0 aromatic heterocycles. The lowest BCUT2D eigenvalue weighted by Crippen LogP contribution is -2.53. The van der Waals surface area contributed by atoms with E-state index in [1.54, 1.807) is 23.1 Å². The van der Waals surface area contributed by atoms with Gasteiger partial charge >= 0.3 is 0 Å². The molecular weight excluding hydrogens is 451 g/mol. The Labute approximate surface area is 213 Å². The van der Waals surface area contributed by atoms with Crippen LogP contribution in [0.15, 0.2) is 78.9 Å². The van der Waals surface area contributed by atoms with Crippen molar-refractivity contribution in [3.63, 3.8) is 0 Å². The Morgan fingerprint density at radius 2 is 1.53 bits per heavy atom. The molecule has 0 unspecified atom stereocenters. The highest BCUT2D eigenvalue weighted by molar-refractivity contribution is 5.89. The Morgan fingerprint density at radius 1 is 0.889 bits per heavy atom. The van der Waals surface area contributed by atoms with Crippen LogP contribution < -0.4 is 5.32 Å². The monoisotopic (exact) mass is 486 g/mol. The fraction of sp³-hybridized carbons (Fsp3) is 0.355. The molecule has 188 valence electrons. The van der Waals surface area contributed by atoms with Crippen molar-refractivity contribution in [3.8, 4) is 0 Å². The van der Waals surface area contributed by atoms with Crippen LogP contribution in [0.5, 0.6) is 0 Å². The van der Waals surface area contributed by atoms with Crippen molar-refractivity contribution in [2.45, 2.75) is 70.5 Å². The quantitative estimate of drug-likeness (QED) is 0.418. The average molecular weight is 487 g/mol. The van der Waals surface area contributed by atoms with E-state index in [2.05, 4.69) is 5.32 Å². The highest BCUT2D eigenvalue weighted by Crippen LogP contribution is 2.21. The Balaban J connectivity index is 1.67. The molecule has 3 aromatic rings. The molecule has 0 spiro atoms. The molecule has 0 saturated heterocycles. The normalized spacial score (nSPS) is 14.7. The summed E-state index contributed by atoms with van der Waals surface area (Å²) in [4.78, 5) is 29.2. The van der Waals surface area contributed by atoms with Crippen molar-refractivity contribution in [2.75, 3.05) is 0 Å². The Hall–Kier alpha value is -3.47. The molecule has 2 amide bonds. The van der Waals surface area contributed by atoms with E-state index in [0.29, 0.717) is 12.0 Å². The highest BCUT2D eigenvalue weighted by atomic mass is 19.1. The molecule has 1 N–H and O–H groups in total. The van der Waals surface area contributed by atoms with Crippen molar-refractivity contribution < 1.29 is 14.0 Å². The van der Waals surface area contributed by atoms with Gasteiger partial charge in [-0.2, -0.15) is 0 Å².